The smallest absolute Gasteiger partial charge is 0.220 e. The highest BCUT2D eigenvalue weighted by Crippen LogP contribution is 2.09. The van der Waals surface area contributed by atoms with Crippen molar-refractivity contribution in [2.75, 3.05) is 6.61 Å². The van der Waals surface area contributed by atoms with E-state index in [-0.39, 0.29) is 17.3 Å². The van der Waals surface area contributed by atoms with Crippen molar-refractivity contribution in [2.24, 2.45) is 0 Å². The molecule has 3 heteroatoms. The van der Waals surface area contributed by atoms with Crippen molar-refractivity contribution in [2.45, 2.75) is 39.0 Å². The molecule has 1 aliphatic rings. The SMILES string of the molecule is CCCCCCCOC1=CC(=O)C=CC1=O. The summed E-state index contributed by atoms with van der Waals surface area (Å²) in [4.78, 5) is 22.3. The van der Waals surface area contributed by atoms with E-state index in [0.717, 1.165) is 12.8 Å². The van der Waals surface area contributed by atoms with Crippen molar-refractivity contribution in [3.05, 3.63) is 24.0 Å². The molecule has 0 N–H and O–H groups in total. The lowest BCUT2D eigenvalue weighted by Crippen LogP contribution is -2.11. The number of hydrogen-bond donors (Lipinski definition) is 0. The molecule has 1 aliphatic carbocycles. The van der Waals surface area contributed by atoms with Crippen LogP contribution in [0.1, 0.15) is 39.0 Å². The fraction of sp³-hybridized carbons (Fsp3) is 0.538. The predicted molar refractivity (Wildman–Crippen MR) is 61.9 cm³/mol. The molecule has 0 aromatic carbocycles. The largest absolute Gasteiger partial charge is 0.489 e. The molecule has 0 saturated carbocycles. The fourth-order valence-electron chi connectivity index (χ4n) is 1.49. The maximum absolute atomic E-state index is 11.3. The summed E-state index contributed by atoms with van der Waals surface area (Å²) in [6, 6.07) is 0. The van der Waals surface area contributed by atoms with Crippen LogP contribution >= 0.6 is 0 Å². The Bertz CT molecular complexity index is 313. The lowest BCUT2D eigenvalue weighted by Gasteiger charge is -2.09. The quantitative estimate of drug-likeness (QED) is 0.491. The average molecular weight is 222 g/mol. The van der Waals surface area contributed by atoms with E-state index in [4.69, 9.17) is 4.74 Å². The second-order valence-corrected chi connectivity index (χ2v) is 3.87. The lowest BCUT2D eigenvalue weighted by molar-refractivity contribution is -0.117. The van der Waals surface area contributed by atoms with Crippen LogP contribution in [0.15, 0.2) is 24.0 Å². The molecule has 0 saturated heterocycles. The van der Waals surface area contributed by atoms with Gasteiger partial charge in [0.15, 0.2) is 11.5 Å². The van der Waals surface area contributed by atoms with Crippen LogP contribution in [-0.2, 0) is 14.3 Å². The van der Waals surface area contributed by atoms with Crippen molar-refractivity contribution in [1.29, 1.82) is 0 Å². The molecular formula is C13H18O3. The Balaban J connectivity index is 2.17. The Morgan fingerprint density at radius 3 is 2.56 bits per heavy atom. The van der Waals surface area contributed by atoms with E-state index in [9.17, 15) is 9.59 Å². The third-order valence-electron chi connectivity index (χ3n) is 2.42. The maximum atomic E-state index is 11.3. The molecule has 88 valence electrons. The second kappa shape index (κ2) is 6.99. The number of ketones is 2. The van der Waals surface area contributed by atoms with Crippen molar-refractivity contribution in [3.63, 3.8) is 0 Å². The molecule has 0 atom stereocenters. The van der Waals surface area contributed by atoms with E-state index in [0.29, 0.717) is 6.61 Å². The molecule has 0 unspecified atom stereocenters. The molecule has 0 aromatic rings. The van der Waals surface area contributed by atoms with Crippen molar-refractivity contribution >= 4 is 11.6 Å². The summed E-state index contributed by atoms with van der Waals surface area (Å²) in [5, 5.41) is 0. The van der Waals surface area contributed by atoms with E-state index in [2.05, 4.69) is 6.92 Å². The van der Waals surface area contributed by atoms with Gasteiger partial charge in [-0.2, -0.15) is 0 Å². The van der Waals surface area contributed by atoms with Gasteiger partial charge in [0.1, 0.15) is 0 Å². The molecule has 0 spiro atoms. The summed E-state index contributed by atoms with van der Waals surface area (Å²) >= 11 is 0. The Morgan fingerprint density at radius 2 is 1.81 bits per heavy atom. The third kappa shape index (κ3) is 4.43. The minimum atomic E-state index is -0.215. The number of allylic oxidation sites excluding steroid dienone is 3. The van der Waals surface area contributed by atoms with Gasteiger partial charge in [0.25, 0.3) is 0 Å². The fourth-order valence-corrected chi connectivity index (χ4v) is 1.49. The summed E-state index contributed by atoms with van der Waals surface area (Å²) < 4.78 is 5.29. The summed E-state index contributed by atoms with van der Waals surface area (Å²) in [7, 11) is 0. The van der Waals surface area contributed by atoms with Gasteiger partial charge in [-0.1, -0.05) is 32.6 Å². The molecule has 0 radical (unpaired) electrons. The van der Waals surface area contributed by atoms with Gasteiger partial charge in [0.05, 0.1) is 6.61 Å². The first kappa shape index (κ1) is 12.7. The van der Waals surface area contributed by atoms with E-state index < -0.39 is 0 Å². The first-order valence-electron chi connectivity index (χ1n) is 5.85. The highest BCUT2D eigenvalue weighted by atomic mass is 16.5. The molecule has 0 bridgehead atoms. The van der Waals surface area contributed by atoms with Crippen molar-refractivity contribution in [1.82, 2.24) is 0 Å². The number of carbonyl (C=O) groups is 2. The molecule has 0 heterocycles. The monoisotopic (exact) mass is 222 g/mol. The van der Waals surface area contributed by atoms with Crippen LogP contribution in [-0.4, -0.2) is 18.2 Å². The van der Waals surface area contributed by atoms with Gasteiger partial charge in [-0.3, -0.25) is 9.59 Å². The van der Waals surface area contributed by atoms with E-state index in [1.165, 1.54) is 37.5 Å². The molecule has 0 amide bonds. The van der Waals surface area contributed by atoms with Gasteiger partial charge in [0.2, 0.25) is 5.78 Å². The zero-order chi connectivity index (χ0) is 11.8. The van der Waals surface area contributed by atoms with E-state index in [1.807, 2.05) is 0 Å². The molecule has 3 nitrogen and oxygen atoms in total. The van der Waals surface area contributed by atoms with Crippen LogP contribution in [0.25, 0.3) is 0 Å². The van der Waals surface area contributed by atoms with Gasteiger partial charge in [-0.25, -0.2) is 0 Å². The molecular weight excluding hydrogens is 204 g/mol. The number of unbranched alkanes of at least 4 members (excludes halogenated alkanes) is 4. The normalized spacial score (nSPS) is 15.2. The van der Waals surface area contributed by atoms with Gasteiger partial charge >= 0.3 is 0 Å². The van der Waals surface area contributed by atoms with Crippen LogP contribution in [0, 0.1) is 0 Å². The van der Waals surface area contributed by atoms with E-state index >= 15 is 0 Å². The van der Waals surface area contributed by atoms with Crippen LogP contribution in [0.2, 0.25) is 0 Å². The third-order valence-corrected chi connectivity index (χ3v) is 2.42. The van der Waals surface area contributed by atoms with Gasteiger partial charge in [0, 0.05) is 6.08 Å². The minimum Gasteiger partial charge on any atom is -0.489 e. The van der Waals surface area contributed by atoms with Crippen LogP contribution in [0.4, 0.5) is 0 Å². The Hall–Kier alpha value is -1.38. The lowest BCUT2D eigenvalue weighted by atomic mass is 10.1. The number of carbonyl (C=O) groups excluding carboxylic acids is 2. The zero-order valence-corrected chi connectivity index (χ0v) is 9.70. The predicted octanol–water partition coefficient (Wildman–Crippen LogP) is 2.57. The maximum Gasteiger partial charge on any atom is 0.220 e. The second-order valence-electron chi connectivity index (χ2n) is 3.87. The molecule has 0 fully saturated rings. The summed E-state index contributed by atoms with van der Waals surface area (Å²) in [6.45, 7) is 2.68. The summed E-state index contributed by atoms with van der Waals surface area (Å²) in [5.74, 6) is -0.211. The summed E-state index contributed by atoms with van der Waals surface area (Å²) in [6.07, 6.45) is 9.47. The first-order valence-corrected chi connectivity index (χ1v) is 5.85. The van der Waals surface area contributed by atoms with Crippen LogP contribution in [0.3, 0.4) is 0 Å². The van der Waals surface area contributed by atoms with Crippen molar-refractivity contribution < 1.29 is 14.3 Å². The Morgan fingerprint density at radius 1 is 1.06 bits per heavy atom. The van der Waals surface area contributed by atoms with Gasteiger partial charge in [-0.15, -0.1) is 0 Å². The topological polar surface area (TPSA) is 43.4 Å². The molecule has 0 aromatic heterocycles. The van der Waals surface area contributed by atoms with Gasteiger partial charge < -0.3 is 4.74 Å². The minimum absolute atomic E-state index is 0.180. The Labute approximate surface area is 96.2 Å². The average Bonchev–Trinajstić information content (AvgIpc) is 2.28. The van der Waals surface area contributed by atoms with Crippen LogP contribution < -0.4 is 0 Å². The number of ether oxygens (including phenoxy) is 1. The molecule has 16 heavy (non-hydrogen) atoms. The van der Waals surface area contributed by atoms with Crippen LogP contribution in [0.5, 0.6) is 0 Å². The summed E-state index contributed by atoms with van der Waals surface area (Å²) in [5.41, 5.74) is 0. The Kier molecular flexibility index (Phi) is 5.54. The van der Waals surface area contributed by atoms with Crippen molar-refractivity contribution in [3.8, 4) is 0 Å². The first-order chi connectivity index (χ1) is 7.74. The van der Waals surface area contributed by atoms with Gasteiger partial charge in [-0.05, 0) is 18.6 Å². The molecule has 0 aliphatic heterocycles. The van der Waals surface area contributed by atoms with E-state index in [1.54, 1.807) is 0 Å². The highest BCUT2D eigenvalue weighted by molar-refractivity contribution is 6.16. The standard InChI is InChI=1S/C13H18O3/c1-2-3-4-5-6-9-16-13-10-11(14)7-8-12(13)15/h7-8,10H,2-6,9H2,1H3. The zero-order valence-electron chi connectivity index (χ0n) is 9.70. The number of hydrogen-bond acceptors (Lipinski definition) is 3. The highest BCUT2D eigenvalue weighted by Gasteiger charge is 2.13. The number of rotatable bonds is 7. The molecule has 1 rings (SSSR count).